The summed E-state index contributed by atoms with van der Waals surface area (Å²) in [5.74, 6) is 0. The van der Waals surface area contributed by atoms with E-state index in [2.05, 4.69) is 149 Å². The Hall–Kier alpha value is -4.85. The normalized spacial score (nSPS) is 11.0. The second-order valence-electron chi connectivity index (χ2n) is 9.69. The van der Waals surface area contributed by atoms with Gasteiger partial charge in [0.2, 0.25) is 0 Å². The number of anilines is 3. The van der Waals surface area contributed by atoms with Crippen molar-refractivity contribution in [3.8, 4) is 0 Å². The van der Waals surface area contributed by atoms with Crippen LogP contribution in [0.5, 0.6) is 0 Å². The van der Waals surface area contributed by atoms with Gasteiger partial charge in [-0.3, -0.25) is 0 Å². The van der Waals surface area contributed by atoms with E-state index in [-0.39, 0.29) is 0 Å². The maximum absolute atomic E-state index is 7.36. The van der Waals surface area contributed by atoms with E-state index >= 15 is 0 Å². The van der Waals surface area contributed by atoms with Crippen LogP contribution in [0.4, 0.5) is 22.7 Å². The molecule has 40 heavy (non-hydrogen) atoms. The minimum absolute atomic E-state index is 0.638. The van der Waals surface area contributed by atoms with E-state index < -0.39 is 13.3 Å². The molecule has 6 aromatic rings. The van der Waals surface area contributed by atoms with Gasteiger partial charge >= 0.3 is 240 Å². The SMILES string of the molecule is [C-]#[N+]c1ccc(N(c2ccccc2)c2cc[c]([Ge]([c]3ccccc3)([c]3ccccc3)[c]3ccccc3)cc2)cc1. The molecule has 0 bridgehead atoms. The number of para-hydroxylation sites is 1. The van der Waals surface area contributed by atoms with E-state index in [1.807, 2.05) is 30.3 Å². The first-order chi connectivity index (χ1) is 19.8. The van der Waals surface area contributed by atoms with Crippen LogP contribution < -0.4 is 22.5 Å². The summed E-state index contributed by atoms with van der Waals surface area (Å²) in [5.41, 5.74) is 3.82. The first kappa shape index (κ1) is 25.4. The molecule has 0 N–H and O–H groups in total. The number of hydrogen-bond donors (Lipinski definition) is 0. The van der Waals surface area contributed by atoms with Gasteiger partial charge in [0.05, 0.1) is 0 Å². The fraction of sp³-hybridized carbons (Fsp3) is 0. The second kappa shape index (κ2) is 11.5. The van der Waals surface area contributed by atoms with Crippen molar-refractivity contribution in [2.75, 3.05) is 4.90 Å². The Kier molecular flexibility index (Phi) is 7.31. The third kappa shape index (κ3) is 4.73. The van der Waals surface area contributed by atoms with Gasteiger partial charge in [0, 0.05) is 0 Å². The Balaban J connectivity index is 1.55. The van der Waals surface area contributed by atoms with E-state index in [0.717, 1.165) is 17.1 Å². The Labute approximate surface area is 239 Å². The molecule has 3 heteroatoms. The summed E-state index contributed by atoms with van der Waals surface area (Å²) >= 11 is -3.31. The predicted octanol–water partition coefficient (Wildman–Crippen LogP) is 7.08. The molecule has 6 aromatic carbocycles. The first-order valence-electron chi connectivity index (χ1n) is 13.4. The summed E-state index contributed by atoms with van der Waals surface area (Å²) in [7, 11) is 0. The number of hydrogen-bond acceptors (Lipinski definition) is 1. The Morgan fingerprint density at radius 3 is 1.10 bits per heavy atom. The summed E-state index contributed by atoms with van der Waals surface area (Å²) < 4.78 is 5.59. The van der Waals surface area contributed by atoms with Crippen molar-refractivity contribution in [3.63, 3.8) is 0 Å². The van der Waals surface area contributed by atoms with Crippen molar-refractivity contribution in [3.05, 3.63) is 181 Å². The van der Waals surface area contributed by atoms with Crippen LogP contribution in [-0.2, 0) is 0 Å². The van der Waals surface area contributed by atoms with E-state index in [0.29, 0.717) is 5.69 Å². The van der Waals surface area contributed by atoms with E-state index in [9.17, 15) is 0 Å². The number of rotatable bonds is 7. The molecule has 0 saturated carbocycles. The Morgan fingerprint density at radius 1 is 0.375 bits per heavy atom. The molecule has 0 aliphatic carbocycles. The third-order valence-electron chi connectivity index (χ3n) is 7.43. The Bertz CT molecular complexity index is 1610. The molecule has 6 rings (SSSR count). The molecule has 0 atom stereocenters. The summed E-state index contributed by atoms with van der Waals surface area (Å²) in [6, 6.07) is 60.5. The average molecular weight is 573 g/mol. The topological polar surface area (TPSA) is 7.60 Å². The van der Waals surface area contributed by atoms with Gasteiger partial charge in [0.15, 0.2) is 0 Å². The zero-order valence-electron chi connectivity index (χ0n) is 22.1. The predicted molar refractivity (Wildman–Crippen MR) is 171 cm³/mol. The van der Waals surface area contributed by atoms with Crippen molar-refractivity contribution in [1.82, 2.24) is 0 Å². The molecule has 0 unspecified atom stereocenters. The van der Waals surface area contributed by atoms with Crippen molar-refractivity contribution in [2.45, 2.75) is 0 Å². The van der Waals surface area contributed by atoms with Gasteiger partial charge in [-0.15, -0.1) is 0 Å². The van der Waals surface area contributed by atoms with E-state index in [1.54, 1.807) is 0 Å². The van der Waals surface area contributed by atoms with Crippen LogP contribution >= 0.6 is 0 Å². The monoisotopic (exact) mass is 574 g/mol. The zero-order chi connectivity index (χ0) is 27.2. The zero-order valence-corrected chi connectivity index (χ0v) is 24.2. The van der Waals surface area contributed by atoms with Crippen LogP contribution in [0.3, 0.4) is 0 Å². The summed E-state index contributed by atoms with van der Waals surface area (Å²) in [6.45, 7) is 7.36. The van der Waals surface area contributed by atoms with Crippen molar-refractivity contribution in [2.24, 2.45) is 0 Å². The van der Waals surface area contributed by atoms with Crippen LogP contribution in [0.15, 0.2) is 170 Å². The van der Waals surface area contributed by atoms with Gasteiger partial charge in [0.25, 0.3) is 0 Å². The van der Waals surface area contributed by atoms with Crippen molar-refractivity contribution < 1.29 is 0 Å². The quantitative estimate of drug-likeness (QED) is 0.146. The van der Waals surface area contributed by atoms with Gasteiger partial charge in [-0.2, -0.15) is 0 Å². The van der Waals surface area contributed by atoms with Crippen LogP contribution in [0, 0.1) is 6.57 Å². The van der Waals surface area contributed by atoms with Crippen LogP contribution in [0.2, 0.25) is 0 Å². The molecule has 0 aliphatic heterocycles. The van der Waals surface area contributed by atoms with Gasteiger partial charge in [0.1, 0.15) is 0 Å². The molecule has 0 radical (unpaired) electrons. The molecule has 0 spiro atoms. The van der Waals surface area contributed by atoms with Gasteiger partial charge in [-0.25, -0.2) is 0 Å². The molecular formula is C37H28GeN2. The number of nitrogens with zero attached hydrogens (tertiary/aromatic N) is 2. The van der Waals surface area contributed by atoms with Crippen LogP contribution in [-0.4, -0.2) is 13.3 Å². The first-order valence-corrected chi connectivity index (χ1v) is 17.6. The van der Waals surface area contributed by atoms with E-state index in [4.69, 9.17) is 6.57 Å². The molecule has 2 nitrogen and oxygen atoms in total. The van der Waals surface area contributed by atoms with Gasteiger partial charge in [-0.05, 0) is 0 Å². The van der Waals surface area contributed by atoms with E-state index in [1.165, 1.54) is 17.6 Å². The standard InChI is InChI=1S/C37H28GeN2/c1-39-34-24-28-37(29-25-34)40(35-20-12-5-13-21-35)36-26-22-33(23-27-36)38(30-14-6-2-7-15-30,31-16-8-3-9-17-31)32-18-10-4-11-19-32/h2-29H. The maximum atomic E-state index is 7.36. The van der Waals surface area contributed by atoms with Gasteiger partial charge < -0.3 is 0 Å². The van der Waals surface area contributed by atoms with Gasteiger partial charge in [-0.1, -0.05) is 0 Å². The molecule has 0 aliphatic rings. The summed E-state index contributed by atoms with van der Waals surface area (Å²) in [4.78, 5) is 5.83. The molecular weight excluding hydrogens is 545 g/mol. The molecule has 0 amide bonds. The van der Waals surface area contributed by atoms with Crippen molar-refractivity contribution in [1.29, 1.82) is 0 Å². The third-order valence-corrected chi connectivity index (χ3v) is 17.5. The van der Waals surface area contributed by atoms with Crippen LogP contribution in [0.25, 0.3) is 4.85 Å². The summed E-state index contributed by atoms with van der Waals surface area (Å²) in [5, 5.41) is 0. The molecule has 0 aromatic heterocycles. The Morgan fingerprint density at radius 2 is 0.700 bits per heavy atom. The molecule has 0 saturated heterocycles. The summed E-state index contributed by atoms with van der Waals surface area (Å²) in [6.07, 6.45) is 0. The fourth-order valence-corrected chi connectivity index (χ4v) is 15.6. The second-order valence-corrected chi connectivity index (χ2v) is 17.7. The van der Waals surface area contributed by atoms with Crippen molar-refractivity contribution >= 4 is 53.6 Å². The molecule has 0 fully saturated rings. The molecule has 190 valence electrons. The minimum atomic E-state index is -3.31. The fourth-order valence-electron chi connectivity index (χ4n) is 5.63. The average Bonchev–Trinajstić information content (AvgIpc) is 3.05. The van der Waals surface area contributed by atoms with Crippen LogP contribution in [0.1, 0.15) is 0 Å². The number of benzene rings is 6. The molecule has 0 heterocycles.